The van der Waals surface area contributed by atoms with Gasteiger partial charge in [0.25, 0.3) is 5.91 Å². The zero-order valence-corrected chi connectivity index (χ0v) is 9.01. The Morgan fingerprint density at radius 2 is 2.57 bits per heavy atom. The third kappa shape index (κ3) is 1.96. The molecule has 1 atom stereocenters. The molecule has 14 heavy (non-hydrogen) atoms. The lowest BCUT2D eigenvalue weighted by atomic mass is 10.2. The van der Waals surface area contributed by atoms with Gasteiger partial charge in [-0.05, 0) is 18.4 Å². The molecule has 0 radical (unpaired) electrons. The molecule has 2 rings (SSSR count). The van der Waals surface area contributed by atoms with Crippen LogP contribution in [0.25, 0.3) is 0 Å². The SMILES string of the molecule is C[C@@H]1CN(C(=O)c2cccs2)CCN1. The van der Waals surface area contributed by atoms with Gasteiger partial charge in [-0.15, -0.1) is 11.3 Å². The Hall–Kier alpha value is -0.870. The lowest BCUT2D eigenvalue weighted by Crippen LogP contribution is -2.51. The molecule has 76 valence electrons. The van der Waals surface area contributed by atoms with Gasteiger partial charge in [0.2, 0.25) is 0 Å². The number of piperazine rings is 1. The summed E-state index contributed by atoms with van der Waals surface area (Å²) in [7, 11) is 0. The van der Waals surface area contributed by atoms with Crippen molar-refractivity contribution in [2.75, 3.05) is 19.6 Å². The van der Waals surface area contributed by atoms with E-state index in [-0.39, 0.29) is 5.91 Å². The minimum absolute atomic E-state index is 0.174. The molecule has 1 fully saturated rings. The van der Waals surface area contributed by atoms with Crippen molar-refractivity contribution in [2.24, 2.45) is 0 Å². The van der Waals surface area contributed by atoms with Crippen LogP contribution in [0.3, 0.4) is 0 Å². The fourth-order valence-corrected chi connectivity index (χ4v) is 2.36. The minimum atomic E-state index is 0.174. The Balaban J connectivity index is 2.04. The molecule has 2 heterocycles. The molecule has 0 spiro atoms. The van der Waals surface area contributed by atoms with Gasteiger partial charge in [-0.3, -0.25) is 4.79 Å². The maximum Gasteiger partial charge on any atom is 0.264 e. The molecule has 0 unspecified atom stereocenters. The van der Waals surface area contributed by atoms with Gasteiger partial charge in [0.1, 0.15) is 0 Å². The smallest absolute Gasteiger partial charge is 0.264 e. The van der Waals surface area contributed by atoms with Crippen LogP contribution in [0.15, 0.2) is 17.5 Å². The summed E-state index contributed by atoms with van der Waals surface area (Å²) in [6, 6.07) is 4.22. The van der Waals surface area contributed by atoms with Crippen molar-refractivity contribution < 1.29 is 4.79 Å². The lowest BCUT2D eigenvalue weighted by Gasteiger charge is -2.31. The van der Waals surface area contributed by atoms with E-state index in [0.717, 1.165) is 24.5 Å². The molecule has 0 saturated carbocycles. The Labute approximate surface area is 87.7 Å². The van der Waals surface area contributed by atoms with E-state index in [1.807, 2.05) is 22.4 Å². The molecule has 1 amide bonds. The van der Waals surface area contributed by atoms with Crippen LogP contribution >= 0.6 is 11.3 Å². The highest BCUT2D eigenvalue weighted by atomic mass is 32.1. The second-order valence-corrected chi connectivity index (χ2v) is 4.53. The Morgan fingerprint density at radius 3 is 3.21 bits per heavy atom. The van der Waals surface area contributed by atoms with Gasteiger partial charge in [0.15, 0.2) is 0 Å². The predicted molar refractivity (Wildman–Crippen MR) is 57.7 cm³/mol. The predicted octanol–water partition coefficient (Wildman–Crippen LogP) is 1.18. The van der Waals surface area contributed by atoms with E-state index in [1.165, 1.54) is 11.3 Å². The van der Waals surface area contributed by atoms with Gasteiger partial charge >= 0.3 is 0 Å². The summed E-state index contributed by atoms with van der Waals surface area (Å²) < 4.78 is 0. The fraction of sp³-hybridized carbons (Fsp3) is 0.500. The second-order valence-electron chi connectivity index (χ2n) is 3.58. The largest absolute Gasteiger partial charge is 0.335 e. The first kappa shape index (κ1) is 9.68. The summed E-state index contributed by atoms with van der Waals surface area (Å²) >= 11 is 1.51. The maximum atomic E-state index is 11.9. The normalized spacial score (nSPS) is 22.4. The second kappa shape index (κ2) is 4.11. The van der Waals surface area contributed by atoms with Gasteiger partial charge in [-0.25, -0.2) is 0 Å². The van der Waals surface area contributed by atoms with Crippen LogP contribution in [-0.2, 0) is 0 Å². The van der Waals surface area contributed by atoms with Crippen LogP contribution in [0.2, 0.25) is 0 Å². The van der Waals surface area contributed by atoms with Crippen molar-refractivity contribution in [3.8, 4) is 0 Å². The van der Waals surface area contributed by atoms with Crippen LogP contribution in [0, 0.1) is 0 Å². The Morgan fingerprint density at radius 1 is 1.71 bits per heavy atom. The molecule has 0 bridgehead atoms. The number of amides is 1. The van der Waals surface area contributed by atoms with E-state index in [9.17, 15) is 4.79 Å². The number of hydrogen-bond donors (Lipinski definition) is 1. The molecular weight excluding hydrogens is 196 g/mol. The van der Waals surface area contributed by atoms with Gasteiger partial charge < -0.3 is 10.2 Å². The van der Waals surface area contributed by atoms with Gasteiger partial charge in [-0.1, -0.05) is 6.07 Å². The summed E-state index contributed by atoms with van der Waals surface area (Å²) in [5, 5.41) is 5.26. The summed E-state index contributed by atoms with van der Waals surface area (Å²) in [5.74, 6) is 0.174. The topological polar surface area (TPSA) is 32.3 Å². The molecule has 0 aromatic carbocycles. The zero-order valence-electron chi connectivity index (χ0n) is 8.19. The Bertz CT molecular complexity index is 310. The summed E-state index contributed by atoms with van der Waals surface area (Å²) in [6.45, 7) is 4.64. The van der Waals surface area contributed by atoms with Crippen molar-refractivity contribution in [3.05, 3.63) is 22.4 Å². The van der Waals surface area contributed by atoms with Crippen LogP contribution in [0.4, 0.5) is 0 Å². The number of carbonyl (C=O) groups is 1. The monoisotopic (exact) mass is 210 g/mol. The van der Waals surface area contributed by atoms with Crippen molar-refractivity contribution in [1.29, 1.82) is 0 Å². The van der Waals surface area contributed by atoms with Crippen LogP contribution in [-0.4, -0.2) is 36.5 Å². The first-order chi connectivity index (χ1) is 6.77. The number of nitrogens with zero attached hydrogens (tertiary/aromatic N) is 1. The van der Waals surface area contributed by atoms with E-state index in [1.54, 1.807) is 0 Å². The van der Waals surface area contributed by atoms with Crippen molar-refractivity contribution in [2.45, 2.75) is 13.0 Å². The fourth-order valence-electron chi connectivity index (χ4n) is 1.67. The number of carbonyl (C=O) groups excluding carboxylic acids is 1. The van der Waals surface area contributed by atoms with Crippen LogP contribution in [0.1, 0.15) is 16.6 Å². The molecule has 1 saturated heterocycles. The molecular formula is C10H14N2OS. The average molecular weight is 210 g/mol. The number of nitrogens with one attached hydrogen (secondary N) is 1. The third-order valence-electron chi connectivity index (χ3n) is 2.39. The van der Waals surface area contributed by atoms with Gasteiger partial charge in [-0.2, -0.15) is 0 Å². The maximum absolute atomic E-state index is 11.9. The van der Waals surface area contributed by atoms with E-state index < -0.39 is 0 Å². The molecule has 4 heteroatoms. The minimum Gasteiger partial charge on any atom is -0.335 e. The number of rotatable bonds is 1. The highest BCUT2D eigenvalue weighted by Gasteiger charge is 2.21. The van der Waals surface area contributed by atoms with Gasteiger partial charge in [0, 0.05) is 25.7 Å². The van der Waals surface area contributed by atoms with E-state index in [2.05, 4.69) is 12.2 Å². The Kier molecular flexibility index (Phi) is 2.84. The van der Waals surface area contributed by atoms with Crippen LogP contribution in [0.5, 0.6) is 0 Å². The molecule has 1 aromatic rings. The zero-order chi connectivity index (χ0) is 9.97. The average Bonchev–Trinajstić information content (AvgIpc) is 2.69. The first-order valence-electron chi connectivity index (χ1n) is 4.83. The molecule has 1 aliphatic heterocycles. The van der Waals surface area contributed by atoms with Crippen molar-refractivity contribution in [3.63, 3.8) is 0 Å². The number of thiophene rings is 1. The quantitative estimate of drug-likeness (QED) is 0.755. The molecule has 1 aliphatic rings. The summed E-state index contributed by atoms with van der Waals surface area (Å²) in [4.78, 5) is 14.7. The summed E-state index contributed by atoms with van der Waals surface area (Å²) in [5.41, 5.74) is 0. The molecule has 1 N–H and O–H groups in total. The molecule has 3 nitrogen and oxygen atoms in total. The molecule has 0 aliphatic carbocycles. The van der Waals surface area contributed by atoms with Crippen molar-refractivity contribution in [1.82, 2.24) is 10.2 Å². The third-order valence-corrected chi connectivity index (χ3v) is 3.25. The number of hydrogen-bond acceptors (Lipinski definition) is 3. The first-order valence-corrected chi connectivity index (χ1v) is 5.71. The highest BCUT2D eigenvalue weighted by molar-refractivity contribution is 7.12. The highest BCUT2D eigenvalue weighted by Crippen LogP contribution is 2.13. The van der Waals surface area contributed by atoms with Crippen molar-refractivity contribution >= 4 is 17.2 Å². The lowest BCUT2D eigenvalue weighted by molar-refractivity contribution is 0.0714. The van der Waals surface area contributed by atoms with Crippen LogP contribution < -0.4 is 5.32 Å². The van der Waals surface area contributed by atoms with Gasteiger partial charge in [0.05, 0.1) is 4.88 Å². The van der Waals surface area contributed by atoms with E-state index in [0.29, 0.717) is 6.04 Å². The summed E-state index contributed by atoms with van der Waals surface area (Å²) in [6.07, 6.45) is 0. The van der Waals surface area contributed by atoms with E-state index in [4.69, 9.17) is 0 Å². The molecule has 1 aromatic heterocycles. The van der Waals surface area contributed by atoms with E-state index >= 15 is 0 Å². The standard InChI is InChI=1S/C10H14N2OS/c1-8-7-12(5-4-11-8)10(13)9-3-2-6-14-9/h2-3,6,8,11H,4-5,7H2,1H3/t8-/m1/s1.